The Morgan fingerprint density at radius 1 is 0.318 bits per heavy atom. The highest BCUT2D eigenvalue weighted by atomic mass is 16.6. The van der Waals surface area contributed by atoms with Gasteiger partial charge in [0.05, 0.1) is 0 Å². The lowest BCUT2D eigenvalue weighted by Gasteiger charge is -2.18. The smallest absolute Gasteiger partial charge is 0.306 e. The molecule has 0 aliphatic rings. The van der Waals surface area contributed by atoms with E-state index in [2.05, 4.69) is 130 Å². The summed E-state index contributed by atoms with van der Waals surface area (Å²) in [5.41, 5.74) is 0. The standard InChI is InChI=1S/C60H96O6/c1-4-7-10-13-16-19-22-25-27-29-30-31-33-35-38-41-44-47-50-53-59(62)65-56-57(55-64-58(61)52-49-46-43-40-37-34-24-21-18-15-12-9-6-3)66-60(63)54-51-48-45-42-39-36-32-28-26-23-20-17-14-11-8-5-2/h7,9-10,12,16,18-19,21,25,27-28,30-32,34-35,37-38,43,46,57H,4-6,8,11,13-15,17,20,22-24,26,29,33,36,39-42,44-45,47-56H2,1-3H3/b10-7-,12-9-,19-16-,21-18-,27-25-,31-30-,32-28-,37-34-,38-35-,46-43-. The predicted octanol–water partition coefficient (Wildman–Crippen LogP) is 17.7. The van der Waals surface area contributed by atoms with Crippen LogP contribution in [-0.2, 0) is 28.6 Å². The molecule has 0 aromatic rings. The van der Waals surface area contributed by atoms with Crippen molar-refractivity contribution in [2.45, 2.75) is 226 Å². The molecular weight excluding hydrogens is 817 g/mol. The molecule has 0 heterocycles. The topological polar surface area (TPSA) is 78.9 Å². The number of hydrogen-bond acceptors (Lipinski definition) is 6. The Morgan fingerprint density at radius 3 is 1.05 bits per heavy atom. The highest BCUT2D eigenvalue weighted by Gasteiger charge is 2.19. The van der Waals surface area contributed by atoms with Crippen LogP contribution in [0.3, 0.4) is 0 Å². The molecule has 0 aliphatic heterocycles. The van der Waals surface area contributed by atoms with Gasteiger partial charge in [0.25, 0.3) is 0 Å². The minimum atomic E-state index is -0.828. The van der Waals surface area contributed by atoms with Gasteiger partial charge in [-0.1, -0.05) is 206 Å². The highest BCUT2D eigenvalue weighted by molar-refractivity contribution is 5.71. The van der Waals surface area contributed by atoms with Crippen LogP contribution in [0.15, 0.2) is 122 Å². The lowest BCUT2D eigenvalue weighted by Crippen LogP contribution is -2.30. The number of ether oxygens (including phenoxy) is 3. The summed E-state index contributed by atoms with van der Waals surface area (Å²) in [4.78, 5) is 38.0. The van der Waals surface area contributed by atoms with Crippen LogP contribution in [0.1, 0.15) is 220 Å². The maximum Gasteiger partial charge on any atom is 0.306 e. The number of unbranched alkanes of at least 4 members (excludes halogenated alkanes) is 15. The molecule has 0 N–H and O–H groups in total. The number of rotatable bonds is 46. The fourth-order valence-electron chi connectivity index (χ4n) is 6.77. The van der Waals surface area contributed by atoms with Gasteiger partial charge in [-0.25, -0.2) is 0 Å². The van der Waals surface area contributed by atoms with E-state index >= 15 is 0 Å². The van der Waals surface area contributed by atoms with Crippen LogP contribution < -0.4 is 0 Å². The first-order valence-electron chi connectivity index (χ1n) is 26.5. The second-order valence-corrected chi connectivity index (χ2v) is 17.0. The van der Waals surface area contributed by atoms with Crippen LogP contribution in [0, 0.1) is 0 Å². The van der Waals surface area contributed by atoms with E-state index in [-0.39, 0.29) is 37.5 Å². The molecule has 0 aromatic heterocycles. The minimum Gasteiger partial charge on any atom is -0.462 e. The van der Waals surface area contributed by atoms with Crippen molar-refractivity contribution in [2.75, 3.05) is 13.2 Å². The summed E-state index contributed by atoms with van der Waals surface area (Å²) in [7, 11) is 0. The fraction of sp³-hybridized carbons (Fsp3) is 0.617. The van der Waals surface area contributed by atoms with Gasteiger partial charge >= 0.3 is 17.9 Å². The quantitative estimate of drug-likeness (QED) is 0.0262. The van der Waals surface area contributed by atoms with Crippen molar-refractivity contribution in [2.24, 2.45) is 0 Å². The first-order chi connectivity index (χ1) is 32.5. The van der Waals surface area contributed by atoms with Crippen molar-refractivity contribution in [1.29, 1.82) is 0 Å². The van der Waals surface area contributed by atoms with Crippen molar-refractivity contribution >= 4 is 17.9 Å². The Bertz CT molecular complexity index is 1420. The molecule has 0 saturated carbocycles. The lowest BCUT2D eigenvalue weighted by molar-refractivity contribution is -0.166. The number of carbonyl (C=O) groups excluding carboxylic acids is 3. The molecule has 66 heavy (non-hydrogen) atoms. The Kier molecular flexibility index (Phi) is 50.0. The van der Waals surface area contributed by atoms with Crippen molar-refractivity contribution in [1.82, 2.24) is 0 Å². The van der Waals surface area contributed by atoms with Gasteiger partial charge in [-0.15, -0.1) is 0 Å². The van der Waals surface area contributed by atoms with E-state index in [9.17, 15) is 14.4 Å². The number of hydrogen-bond donors (Lipinski definition) is 0. The minimum absolute atomic E-state index is 0.124. The zero-order valence-corrected chi connectivity index (χ0v) is 42.4. The molecule has 372 valence electrons. The second kappa shape index (κ2) is 53.4. The second-order valence-electron chi connectivity index (χ2n) is 17.0. The third kappa shape index (κ3) is 50.8. The van der Waals surface area contributed by atoms with E-state index in [4.69, 9.17) is 14.2 Å². The van der Waals surface area contributed by atoms with Gasteiger partial charge in [-0.05, 0) is 116 Å². The van der Waals surface area contributed by atoms with Crippen molar-refractivity contribution < 1.29 is 28.6 Å². The highest BCUT2D eigenvalue weighted by Crippen LogP contribution is 2.13. The zero-order chi connectivity index (χ0) is 47.9. The Labute approximate surface area is 405 Å². The first kappa shape index (κ1) is 61.8. The van der Waals surface area contributed by atoms with E-state index in [1.54, 1.807) is 0 Å². The largest absolute Gasteiger partial charge is 0.462 e. The zero-order valence-electron chi connectivity index (χ0n) is 42.4. The lowest BCUT2D eigenvalue weighted by atomic mass is 10.1. The Morgan fingerprint density at radius 2 is 0.621 bits per heavy atom. The molecule has 6 nitrogen and oxygen atoms in total. The normalized spacial score (nSPS) is 13.1. The molecule has 0 radical (unpaired) electrons. The van der Waals surface area contributed by atoms with Crippen molar-refractivity contribution in [3.05, 3.63) is 122 Å². The summed E-state index contributed by atoms with van der Waals surface area (Å²) in [6, 6.07) is 0. The van der Waals surface area contributed by atoms with E-state index in [0.717, 1.165) is 116 Å². The third-order valence-electron chi connectivity index (χ3n) is 10.7. The molecule has 0 aliphatic carbocycles. The van der Waals surface area contributed by atoms with Crippen LogP contribution in [0.2, 0.25) is 0 Å². The summed E-state index contributed by atoms with van der Waals surface area (Å²) in [6.07, 6.45) is 73.4. The fourth-order valence-corrected chi connectivity index (χ4v) is 6.77. The monoisotopic (exact) mass is 913 g/mol. The maximum absolute atomic E-state index is 12.8. The molecular formula is C60H96O6. The van der Waals surface area contributed by atoms with Gasteiger partial charge < -0.3 is 14.2 Å². The molecule has 0 bridgehead atoms. The summed E-state index contributed by atoms with van der Waals surface area (Å²) < 4.78 is 16.7. The molecule has 0 amide bonds. The molecule has 0 aromatic carbocycles. The average molecular weight is 913 g/mol. The summed E-state index contributed by atoms with van der Waals surface area (Å²) >= 11 is 0. The third-order valence-corrected chi connectivity index (χ3v) is 10.7. The van der Waals surface area contributed by atoms with Gasteiger partial charge in [0.1, 0.15) is 13.2 Å². The van der Waals surface area contributed by atoms with Crippen LogP contribution in [-0.4, -0.2) is 37.2 Å². The molecule has 1 unspecified atom stereocenters. The van der Waals surface area contributed by atoms with Crippen molar-refractivity contribution in [3.8, 4) is 0 Å². The molecule has 6 heteroatoms. The summed E-state index contributed by atoms with van der Waals surface area (Å²) in [6.45, 7) is 6.29. The van der Waals surface area contributed by atoms with E-state index in [1.165, 1.54) is 57.8 Å². The van der Waals surface area contributed by atoms with Crippen molar-refractivity contribution in [3.63, 3.8) is 0 Å². The molecule has 1 atom stereocenters. The first-order valence-corrected chi connectivity index (χ1v) is 26.5. The Balaban J connectivity index is 4.54. The van der Waals surface area contributed by atoms with E-state index in [1.807, 2.05) is 12.2 Å². The van der Waals surface area contributed by atoms with Crippen LogP contribution in [0.4, 0.5) is 0 Å². The molecule has 0 rings (SSSR count). The number of allylic oxidation sites excluding steroid dienone is 20. The molecule has 0 saturated heterocycles. The van der Waals surface area contributed by atoms with Crippen LogP contribution in [0.25, 0.3) is 0 Å². The average Bonchev–Trinajstić information content (AvgIpc) is 3.31. The van der Waals surface area contributed by atoms with E-state index in [0.29, 0.717) is 19.3 Å². The maximum atomic E-state index is 12.8. The van der Waals surface area contributed by atoms with Gasteiger partial charge in [-0.3, -0.25) is 14.4 Å². The predicted molar refractivity (Wildman–Crippen MR) is 283 cm³/mol. The van der Waals surface area contributed by atoms with Gasteiger partial charge in [-0.2, -0.15) is 0 Å². The molecule has 0 fully saturated rings. The number of esters is 3. The SMILES string of the molecule is CC/C=C\C/C=C\C/C=C\C/C=C\C/C=C\CCCCCC(=O)OCC(COC(=O)CC/C=C\C/C=C\C/C=C\C/C=C\CC)OC(=O)CCCCCCC/C=C\CCCCCCCCC. The van der Waals surface area contributed by atoms with E-state index < -0.39 is 6.10 Å². The van der Waals surface area contributed by atoms with Gasteiger partial charge in [0.15, 0.2) is 6.10 Å². The molecule has 0 spiro atoms. The van der Waals surface area contributed by atoms with Gasteiger partial charge in [0, 0.05) is 19.3 Å². The van der Waals surface area contributed by atoms with Crippen LogP contribution >= 0.6 is 0 Å². The number of carbonyl (C=O) groups is 3. The van der Waals surface area contributed by atoms with Crippen LogP contribution in [0.5, 0.6) is 0 Å². The van der Waals surface area contributed by atoms with Gasteiger partial charge in [0.2, 0.25) is 0 Å². The summed E-state index contributed by atoms with van der Waals surface area (Å²) in [5, 5.41) is 0. The Hall–Kier alpha value is -4.19. The summed E-state index contributed by atoms with van der Waals surface area (Å²) in [5.74, 6) is -1.05.